The van der Waals surface area contributed by atoms with E-state index in [-0.39, 0.29) is 11.3 Å². The van der Waals surface area contributed by atoms with Crippen LogP contribution in [-0.4, -0.2) is 27.1 Å². The first-order valence-electron chi connectivity index (χ1n) is 8.38. The van der Waals surface area contributed by atoms with E-state index in [1.165, 1.54) is 5.56 Å². The van der Waals surface area contributed by atoms with Gasteiger partial charge < -0.3 is 4.90 Å². The molecule has 0 spiro atoms. The molecule has 0 bridgehead atoms. The fraction of sp³-hybridized carbons (Fsp3) is 0.474. The zero-order valence-electron chi connectivity index (χ0n) is 14.2. The molecule has 1 aromatic carbocycles. The van der Waals surface area contributed by atoms with E-state index in [9.17, 15) is 4.79 Å². The molecule has 1 saturated heterocycles. The number of benzene rings is 1. The Bertz CT molecular complexity index is 692. The third kappa shape index (κ3) is 3.16. The van der Waals surface area contributed by atoms with Gasteiger partial charge in [0.1, 0.15) is 0 Å². The predicted octanol–water partition coefficient (Wildman–Crippen LogP) is 3.29. The van der Waals surface area contributed by atoms with Crippen molar-refractivity contribution in [2.75, 3.05) is 6.54 Å². The molecule has 1 aliphatic rings. The Morgan fingerprint density at radius 1 is 1.26 bits per heavy atom. The van der Waals surface area contributed by atoms with E-state index in [1.807, 2.05) is 22.6 Å². The minimum Gasteiger partial charge on any atom is -0.337 e. The highest BCUT2D eigenvalue weighted by Crippen LogP contribution is 2.34. The van der Waals surface area contributed by atoms with E-state index in [1.54, 1.807) is 0 Å². The number of likely N-dealkylation sites (tertiary alicyclic amines) is 1. The van der Waals surface area contributed by atoms with E-state index in [0.29, 0.717) is 13.0 Å². The standard InChI is InChI=1S/C19H25N3O/c1-4-22-13-16(15(2)20-22)12-21-14-19(3,11-10-18(21)23)17-8-6-5-7-9-17/h5-9,13H,4,10-12,14H2,1-3H3/t19-/m1/s1. The minimum absolute atomic E-state index is 0.0316. The lowest BCUT2D eigenvalue weighted by molar-refractivity contribution is -0.136. The highest BCUT2D eigenvalue weighted by atomic mass is 16.2. The van der Waals surface area contributed by atoms with Crippen molar-refractivity contribution in [3.8, 4) is 0 Å². The number of nitrogens with zero attached hydrogens (tertiary/aromatic N) is 3. The summed E-state index contributed by atoms with van der Waals surface area (Å²) < 4.78 is 1.94. The number of piperidine rings is 1. The molecule has 1 atom stereocenters. The smallest absolute Gasteiger partial charge is 0.222 e. The van der Waals surface area contributed by atoms with Crippen LogP contribution in [0, 0.1) is 6.92 Å². The van der Waals surface area contributed by atoms with Gasteiger partial charge in [0.2, 0.25) is 5.91 Å². The second-order valence-corrected chi connectivity index (χ2v) is 6.77. The third-order valence-electron chi connectivity index (χ3n) is 4.99. The van der Waals surface area contributed by atoms with Gasteiger partial charge in [0.15, 0.2) is 0 Å². The predicted molar refractivity (Wildman–Crippen MR) is 91.1 cm³/mol. The maximum atomic E-state index is 12.4. The van der Waals surface area contributed by atoms with Crippen LogP contribution >= 0.6 is 0 Å². The van der Waals surface area contributed by atoms with E-state index in [4.69, 9.17) is 0 Å². The maximum Gasteiger partial charge on any atom is 0.222 e. The van der Waals surface area contributed by atoms with Crippen molar-refractivity contribution in [2.45, 2.75) is 52.1 Å². The van der Waals surface area contributed by atoms with Gasteiger partial charge in [-0.1, -0.05) is 37.3 Å². The molecule has 1 aliphatic heterocycles. The Labute approximate surface area is 138 Å². The van der Waals surface area contributed by atoms with E-state index in [0.717, 1.165) is 30.8 Å². The van der Waals surface area contributed by atoms with Gasteiger partial charge in [0, 0.05) is 43.2 Å². The van der Waals surface area contributed by atoms with Crippen molar-refractivity contribution in [1.82, 2.24) is 14.7 Å². The second-order valence-electron chi connectivity index (χ2n) is 6.77. The molecule has 2 aromatic rings. The molecule has 23 heavy (non-hydrogen) atoms. The Hall–Kier alpha value is -2.10. The summed E-state index contributed by atoms with van der Waals surface area (Å²) >= 11 is 0. The van der Waals surface area contributed by atoms with E-state index in [2.05, 4.69) is 49.4 Å². The van der Waals surface area contributed by atoms with Gasteiger partial charge in [-0.15, -0.1) is 0 Å². The SMILES string of the molecule is CCn1cc(CN2C[C@](C)(c3ccccc3)CCC2=O)c(C)n1. The Morgan fingerprint density at radius 3 is 2.65 bits per heavy atom. The lowest BCUT2D eigenvalue weighted by Gasteiger charge is -2.40. The van der Waals surface area contributed by atoms with Crippen LogP contribution in [0.4, 0.5) is 0 Å². The molecule has 0 N–H and O–H groups in total. The van der Waals surface area contributed by atoms with Gasteiger partial charge in [-0.05, 0) is 25.8 Å². The van der Waals surface area contributed by atoms with Crippen molar-refractivity contribution in [1.29, 1.82) is 0 Å². The maximum absolute atomic E-state index is 12.4. The summed E-state index contributed by atoms with van der Waals surface area (Å²) in [6, 6.07) is 10.6. The van der Waals surface area contributed by atoms with Crippen LogP contribution in [0.15, 0.2) is 36.5 Å². The minimum atomic E-state index is 0.0316. The van der Waals surface area contributed by atoms with Crippen LogP contribution in [0.1, 0.15) is 43.5 Å². The Kier molecular flexibility index (Phi) is 4.24. The summed E-state index contributed by atoms with van der Waals surface area (Å²) in [5.74, 6) is 0.252. The van der Waals surface area contributed by atoms with E-state index >= 15 is 0 Å². The van der Waals surface area contributed by atoms with Crippen molar-refractivity contribution in [3.63, 3.8) is 0 Å². The highest BCUT2D eigenvalue weighted by molar-refractivity contribution is 5.77. The van der Waals surface area contributed by atoms with Crippen LogP contribution in [0.2, 0.25) is 0 Å². The zero-order chi connectivity index (χ0) is 16.4. The Morgan fingerprint density at radius 2 is 2.00 bits per heavy atom. The van der Waals surface area contributed by atoms with Gasteiger partial charge >= 0.3 is 0 Å². The Balaban J connectivity index is 1.81. The summed E-state index contributed by atoms with van der Waals surface area (Å²) in [7, 11) is 0. The molecule has 2 heterocycles. The fourth-order valence-corrected chi connectivity index (χ4v) is 3.43. The lowest BCUT2D eigenvalue weighted by Crippen LogP contribution is -2.47. The fourth-order valence-electron chi connectivity index (χ4n) is 3.43. The van der Waals surface area contributed by atoms with Crippen molar-refractivity contribution in [3.05, 3.63) is 53.3 Å². The van der Waals surface area contributed by atoms with Crippen molar-refractivity contribution in [2.24, 2.45) is 0 Å². The average molecular weight is 311 g/mol. The molecule has 4 nitrogen and oxygen atoms in total. The normalized spacial score (nSPS) is 21.7. The van der Waals surface area contributed by atoms with Gasteiger partial charge in [-0.3, -0.25) is 9.48 Å². The second kappa shape index (κ2) is 6.19. The first-order valence-corrected chi connectivity index (χ1v) is 8.38. The number of aryl methyl sites for hydroxylation is 2. The summed E-state index contributed by atoms with van der Waals surface area (Å²) in [6.07, 6.45) is 3.60. The quantitative estimate of drug-likeness (QED) is 0.869. The topological polar surface area (TPSA) is 38.1 Å². The molecule has 4 heteroatoms. The number of rotatable bonds is 4. The van der Waals surface area contributed by atoms with E-state index < -0.39 is 0 Å². The molecular formula is C19H25N3O. The van der Waals surface area contributed by atoms with Crippen LogP contribution in [0.5, 0.6) is 0 Å². The third-order valence-corrected chi connectivity index (χ3v) is 4.99. The van der Waals surface area contributed by atoms with Crippen molar-refractivity contribution < 1.29 is 4.79 Å². The number of hydrogen-bond acceptors (Lipinski definition) is 2. The molecule has 0 unspecified atom stereocenters. The molecule has 1 fully saturated rings. The van der Waals surface area contributed by atoms with Crippen molar-refractivity contribution >= 4 is 5.91 Å². The molecule has 0 aliphatic carbocycles. The molecule has 0 saturated carbocycles. The molecule has 0 radical (unpaired) electrons. The molecule has 1 aromatic heterocycles. The number of carbonyl (C=O) groups excluding carboxylic acids is 1. The van der Waals surface area contributed by atoms with Crippen LogP contribution in [-0.2, 0) is 23.3 Å². The summed E-state index contributed by atoms with van der Waals surface area (Å²) in [5, 5.41) is 4.49. The van der Waals surface area contributed by atoms with Crippen LogP contribution in [0.25, 0.3) is 0 Å². The summed E-state index contributed by atoms with van der Waals surface area (Å²) in [6.45, 7) is 8.65. The van der Waals surface area contributed by atoms with Gasteiger partial charge in [0.25, 0.3) is 0 Å². The first-order chi connectivity index (χ1) is 11.0. The molecular weight excluding hydrogens is 286 g/mol. The van der Waals surface area contributed by atoms with Gasteiger partial charge in [0.05, 0.1) is 5.69 Å². The number of hydrogen-bond donors (Lipinski definition) is 0. The number of amides is 1. The summed E-state index contributed by atoms with van der Waals surface area (Å²) in [4.78, 5) is 14.4. The average Bonchev–Trinajstić information content (AvgIpc) is 2.92. The van der Waals surface area contributed by atoms with Crippen LogP contribution < -0.4 is 0 Å². The van der Waals surface area contributed by atoms with Gasteiger partial charge in [-0.25, -0.2) is 0 Å². The summed E-state index contributed by atoms with van der Waals surface area (Å²) in [5.41, 5.74) is 3.52. The largest absolute Gasteiger partial charge is 0.337 e. The monoisotopic (exact) mass is 311 g/mol. The molecule has 3 rings (SSSR count). The van der Waals surface area contributed by atoms with Crippen LogP contribution in [0.3, 0.4) is 0 Å². The lowest BCUT2D eigenvalue weighted by atomic mass is 9.75. The highest BCUT2D eigenvalue weighted by Gasteiger charge is 2.36. The van der Waals surface area contributed by atoms with Gasteiger partial charge in [-0.2, -0.15) is 5.10 Å². The first kappa shape index (κ1) is 15.8. The number of aromatic nitrogens is 2. The molecule has 122 valence electrons. The number of carbonyl (C=O) groups is 1. The zero-order valence-corrected chi connectivity index (χ0v) is 14.2. The molecule has 1 amide bonds.